The highest BCUT2D eigenvalue weighted by molar-refractivity contribution is 6.31. The molecule has 1 saturated heterocycles. The van der Waals surface area contributed by atoms with Crippen LogP contribution in [-0.4, -0.2) is 24.9 Å². The summed E-state index contributed by atoms with van der Waals surface area (Å²) in [6.07, 6.45) is 1.48. The molecule has 0 radical (unpaired) electrons. The molecule has 0 atom stereocenters. The predicted octanol–water partition coefficient (Wildman–Crippen LogP) is 2.59. The van der Waals surface area contributed by atoms with E-state index in [1.807, 2.05) is 26.0 Å². The largest absolute Gasteiger partial charge is 0.441 e. The molecule has 0 bridgehead atoms. The Labute approximate surface area is 140 Å². The molecule has 2 amide bonds. The first-order valence-corrected chi connectivity index (χ1v) is 7.91. The molecule has 1 aliphatic rings. The van der Waals surface area contributed by atoms with Gasteiger partial charge in [0.1, 0.15) is 11.3 Å². The summed E-state index contributed by atoms with van der Waals surface area (Å²) in [5.41, 5.74) is 3.24. The van der Waals surface area contributed by atoms with Crippen molar-refractivity contribution in [2.75, 3.05) is 23.0 Å². The van der Waals surface area contributed by atoms with Gasteiger partial charge in [-0.05, 0) is 38.1 Å². The van der Waals surface area contributed by atoms with Crippen molar-refractivity contribution >= 4 is 29.5 Å². The van der Waals surface area contributed by atoms with Crippen molar-refractivity contribution in [3.8, 4) is 0 Å². The third kappa shape index (κ3) is 2.90. The van der Waals surface area contributed by atoms with Crippen LogP contribution in [0.2, 0.25) is 0 Å². The molecule has 1 N–H and O–H groups in total. The van der Waals surface area contributed by atoms with Crippen LogP contribution in [0.25, 0.3) is 6.08 Å². The van der Waals surface area contributed by atoms with E-state index in [-0.39, 0.29) is 5.57 Å². The first-order valence-electron chi connectivity index (χ1n) is 7.91. The average molecular weight is 325 g/mol. The van der Waals surface area contributed by atoms with Crippen molar-refractivity contribution in [1.82, 2.24) is 5.43 Å². The number of hydrogen-bond acceptors (Lipinski definition) is 4. The van der Waals surface area contributed by atoms with Gasteiger partial charge in [-0.1, -0.05) is 18.2 Å². The molecule has 6 heteroatoms. The van der Waals surface area contributed by atoms with Gasteiger partial charge in [-0.15, -0.1) is 0 Å². The minimum atomic E-state index is -0.440. The van der Waals surface area contributed by atoms with Crippen LogP contribution in [0.3, 0.4) is 0 Å². The minimum Gasteiger partial charge on any atom is -0.441 e. The van der Waals surface area contributed by atoms with Crippen LogP contribution >= 0.6 is 0 Å². The fraction of sp³-hybridized carbons (Fsp3) is 0.222. The zero-order valence-corrected chi connectivity index (χ0v) is 13.7. The van der Waals surface area contributed by atoms with E-state index in [0.29, 0.717) is 11.4 Å². The molecule has 1 aromatic heterocycles. The van der Waals surface area contributed by atoms with Crippen molar-refractivity contribution in [1.29, 1.82) is 0 Å². The molecular formula is C18H19N3O3. The number of para-hydroxylation sites is 1. The molecule has 0 saturated carbocycles. The smallest absolute Gasteiger partial charge is 0.282 e. The Bertz CT molecular complexity index is 776. The maximum atomic E-state index is 12.5. The molecule has 2 heterocycles. The van der Waals surface area contributed by atoms with Crippen molar-refractivity contribution in [2.24, 2.45) is 0 Å². The van der Waals surface area contributed by atoms with E-state index in [9.17, 15) is 9.59 Å². The number of nitrogens with one attached hydrogen (secondary N) is 1. The summed E-state index contributed by atoms with van der Waals surface area (Å²) in [6.45, 7) is 5.72. The van der Waals surface area contributed by atoms with E-state index in [1.54, 1.807) is 30.3 Å². The zero-order valence-electron chi connectivity index (χ0n) is 13.7. The summed E-state index contributed by atoms with van der Waals surface area (Å²) in [6, 6.07) is 12.6. The monoisotopic (exact) mass is 325 g/mol. The fourth-order valence-corrected chi connectivity index (χ4v) is 2.58. The molecule has 0 aliphatic carbocycles. The van der Waals surface area contributed by atoms with Crippen molar-refractivity contribution < 1.29 is 14.0 Å². The first kappa shape index (κ1) is 15.9. The van der Waals surface area contributed by atoms with E-state index in [1.165, 1.54) is 11.1 Å². The SMILES string of the molecule is CCN(CC)c1ccc(/C=C2/C(=O)NN(c3ccccc3)C2=O)o1. The topological polar surface area (TPSA) is 65.8 Å². The van der Waals surface area contributed by atoms with Gasteiger partial charge in [0.05, 0.1) is 5.69 Å². The molecule has 3 rings (SSSR count). The third-order valence-corrected chi connectivity index (χ3v) is 3.88. The quantitative estimate of drug-likeness (QED) is 0.678. The Balaban J connectivity index is 1.85. The van der Waals surface area contributed by atoms with Crippen LogP contribution in [0.5, 0.6) is 0 Å². The number of benzene rings is 1. The second-order valence-corrected chi connectivity index (χ2v) is 5.32. The lowest BCUT2D eigenvalue weighted by atomic mass is 10.2. The summed E-state index contributed by atoms with van der Waals surface area (Å²) < 4.78 is 5.73. The zero-order chi connectivity index (χ0) is 17.1. The van der Waals surface area contributed by atoms with Crippen molar-refractivity contribution in [3.05, 3.63) is 53.8 Å². The highest BCUT2D eigenvalue weighted by Gasteiger charge is 2.34. The maximum absolute atomic E-state index is 12.5. The minimum absolute atomic E-state index is 0.0549. The summed E-state index contributed by atoms with van der Waals surface area (Å²) in [7, 11) is 0. The Kier molecular flexibility index (Phi) is 4.37. The van der Waals surface area contributed by atoms with Crippen LogP contribution in [0.15, 0.2) is 52.5 Å². The molecule has 6 nitrogen and oxygen atoms in total. The van der Waals surface area contributed by atoms with Crippen molar-refractivity contribution in [2.45, 2.75) is 13.8 Å². The lowest BCUT2D eigenvalue weighted by Gasteiger charge is -2.16. The Morgan fingerprint density at radius 2 is 1.79 bits per heavy atom. The van der Waals surface area contributed by atoms with Crippen LogP contribution in [0, 0.1) is 0 Å². The number of furan rings is 1. The molecule has 1 fully saturated rings. The van der Waals surface area contributed by atoms with Crippen LogP contribution < -0.4 is 15.3 Å². The molecule has 1 aromatic carbocycles. The molecule has 24 heavy (non-hydrogen) atoms. The second-order valence-electron chi connectivity index (χ2n) is 5.32. The molecule has 1 aliphatic heterocycles. The second kappa shape index (κ2) is 6.62. The Hall–Kier alpha value is -3.02. The van der Waals surface area contributed by atoms with Gasteiger partial charge in [-0.3, -0.25) is 15.0 Å². The van der Waals surface area contributed by atoms with E-state index in [0.717, 1.165) is 19.0 Å². The molecule has 0 spiro atoms. The fourth-order valence-electron chi connectivity index (χ4n) is 2.58. The van der Waals surface area contributed by atoms with E-state index >= 15 is 0 Å². The number of carbonyl (C=O) groups excluding carboxylic acids is 2. The highest BCUT2D eigenvalue weighted by atomic mass is 16.4. The molecule has 0 unspecified atom stereocenters. The van der Waals surface area contributed by atoms with Gasteiger partial charge in [0, 0.05) is 19.2 Å². The van der Waals surface area contributed by atoms with Crippen LogP contribution in [0.1, 0.15) is 19.6 Å². The number of nitrogens with zero attached hydrogens (tertiary/aromatic N) is 2. The van der Waals surface area contributed by atoms with Gasteiger partial charge >= 0.3 is 0 Å². The molecule has 124 valence electrons. The van der Waals surface area contributed by atoms with E-state index in [2.05, 4.69) is 10.3 Å². The average Bonchev–Trinajstić information content (AvgIpc) is 3.17. The predicted molar refractivity (Wildman–Crippen MR) is 92.3 cm³/mol. The van der Waals surface area contributed by atoms with Gasteiger partial charge in [0.25, 0.3) is 11.8 Å². The summed E-state index contributed by atoms with van der Waals surface area (Å²) in [5, 5.41) is 1.24. The number of amides is 2. The normalized spacial score (nSPS) is 15.9. The van der Waals surface area contributed by atoms with Gasteiger partial charge < -0.3 is 9.32 Å². The van der Waals surface area contributed by atoms with Crippen molar-refractivity contribution in [3.63, 3.8) is 0 Å². The van der Waals surface area contributed by atoms with Crippen LogP contribution in [0.4, 0.5) is 11.6 Å². The van der Waals surface area contributed by atoms with Gasteiger partial charge in [-0.25, -0.2) is 5.01 Å². The lowest BCUT2D eigenvalue weighted by Crippen LogP contribution is -2.35. The number of anilines is 2. The maximum Gasteiger partial charge on any atom is 0.282 e. The van der Waals surface area contributed by atoms with Crippen LogP contribution in [-0.2, 0) is 9.59 Å². The number of rotatable bonds is 5. The summed E-state index contributed by atoms with van der Waals surface area (Å²) in [5.74, 6) is 0.361. The number of carbonyl (C=O) groups is 2. The molecule has 2 aromatic rings. The standard InChI is InChI=1S/C18H19N3O3/c1-3-20(4-2)16-11-10-14(24-16)12-15-17(22)19-21(18(15)23)13-8-6-5-7-9-13/h5-12H,3-4H2,1-2H3,(H,19,22)/b15-12-. The third-order valence-electron chi connectivity index (χ3n) is 3.88. The first-order chi connectivity index (χ1) is 11.6. The van der Waals surface area contributed by atoms with Gasteiger partial charge in [-0.2, -0.15) is 0 Å². The Morgan fingerprint density at radius 3 is 2.46 bits per heavy atom. The number of hydrogen-bond donors (Lipinski definition) is 1. The van der Waals surface area contributed by atoms with E-state index in [4.69, 9.17) is 4.42 Å². The lowest BCUT2D eigenvalue weighted by molar-refractivity contribution is -0.117. The summed E-state index contributed by atoms with van der Waals surface area (Å²) >= 11 is 0. The van der Waals surface area contributed by atoms with Gasteiger partial charge in [0.15, 0.2) is 5.88 Å². The number of hydrazine groups is 1. The van der Waals surface area contributed by atoms with E-state index < -0.39 is 11.8 Å². The summed E-state index contributed by atoms with van der Waals surface area (Å²) in [4.78, 5) is 26.7. The van der Waals surface area contributed by atoms with Gasteiger partial charge in [0.2, 0.25) is 0 Å². The Morgan fingerprint density at radius 1 is 1.08 bits per heavy atom. The molecular weight excluding hydrogens is 306 g/mol. The highest BCUT2D eigenvalue weighted by Crippen LogP contribution is 2.24.